The zero-order chi connectivity index (χ0) is 16.2. The number of hydrogen-bond donors (Lipinski definition) is 2. The van der Waals surface area contributed by atoms with E-state index >= 15 is 0 Å². The second kappa shape index (κ2) is 6.95. The predicted octanol–water partition coefficient (Wildman–Crippen LogP) is 0.864. The van der Waals surface area contributed by atoms with E-state index in [9.17, 15) is 9.18 Å². The van der Waals surface area contributed by atoms with Crippen LogP contribution < -0.4 is 15.5 Å². The van der Waals surface area contributed by atoms with Crippen LogP contribution in [-0.4, -0.2) is 50.4 Å². The van der Waals surface area contributed by atoms with Gasteiger partial charge in [0.1, 0.15) is 11.9 Å². The smallest absolute Gasteiger partial charge is 0.217 e. The van der Waals surface area contributed by atoms with Gasteiger partial charge in [0.25, 0.3) is 0 Å². The Morgan fingerprint density at radius 2 is 2.26 bits per heavy atom. The molecule has 7 heteroatoms. The summed E-state index contributed by atoms with van der Waals surface area (Å²) in [6.45, 7) is 5.21. The summed E-state index contributed by atoms with van der Waals surface area (Å²) < 4.78 is 14.4. The van der Waals surface area contributed by atoms with Crippen LogP contribution >= 0.6 is 0 Å². The van der Waals surface area contributed by atoms with Gasteiger partial charge in [0, 0.05) is 45.1 Å². The molecule has 1 aromatic rings. The molecular formula is C16H21FN4O2. The molecule has 124 valence electrons. The number of oxime groups is 1. The van der Waals surface area contributed by atoms with Crippen molar-refractivity contribution in [1.29, 1.82) is 0 Å². The van der Waals surface area contributed by atoms with Crippen LogP contribution in [-0.2, 0) is 9.63 Å². The SMILES string of the molecule is CC(=O)NCC1CC(c2ccc(N3CCNCC3)c(F)c2)=NO1. The number of carbonyl (C=O) groups is 1. The Labute approximate surface area is 134 Å². The second-order valence-corrected chi connectivity index (χ2v) is 5.81. The standard InChI is InChI=1S/C16H21FN4O2/c1-11(22)19-10-13-9-15(20-23-13)12-2-3-16(14(17)8-12)21-6-4-18-5-7-21/h2-3,8,13,18H,4-7,9-10H2,1H3,(H,19,22). The zero-order valence-corrected chi connectivity index (χ0v) is 13.1. The first-order valence-corrected chi connectivity index (χ1v) is 7.86. The highest BCUT2D eigenvalue weighted by atomic mass is 19.1. The molecule has 2 aliphatic heterocycles. The van der Waals surface area contributed by atoms with Crippen molar-refractivity contribution in [1.82, 2.24) is 10.6 Å². The number of benzene rings is 1. The highest BCUT2D eigenvalue weighted by molar-refractivity contribution is 6.01. The Kier molecular flexibility index (Phi) is 4.76. The minimum absolute atomic E-state index is 0.103. The fourth-order valence-electron chi connectivity index (χ4n) is 2.81. The van der Waals surface area contributed by atoms with Gasteiger partial charge in [0.15, 0.2) is 0 Å². The molecule has 0 radical (unpaired) electrons. The Bertz CT molecular complexity index is 614. The first-order valence-electron chi connectivity index (χ1n) is 7.86. The summed E-state index contributed by atoms with van der Waals surface area (Å²) >= 11 is 0. The average Bonchev–Trinajstić information content (AvgIpc) is 3.02. The maximum atomic E-state index is 14.4. The van der Waals surface area contributed by atoms with Crippen LogP contribution in [0.3, 0.4) is 0 Å². The van der Waals surface area contributed by atoms with Gasteiger partial charge in [-0.2, -0.15) is 0 Å². The molecule has 0 aliphatic carbocycles. The van der Waals surface area contributed by atoms with Crippen molar-refractivity contribution in [3.63, 3.8) is 0 Å². The Morgan fingerprint density at radius 3 is 2.96 bits per heavy atom. The van der Waals surface area contributed by atoms with Crippen LogP contribution in [0.4, 0.5) is 10.1 Å². The van der Waals surface area contributed by atoms with Crippen LogP contribution in [0, 0.1) is 5.82 Å². The molecule has 2 N–H and O–H groups in total. The van der Waals surface area contributed by atoms with Crippen LogP contribution in [0.1, 0.15) is 18.9 Å². The lowest BCUT2D eigenvalue weighted by atomic mass is 10.0. The van der Waals surface area contributed by atoms with E-state index in [4.69, 9.17) is 4.84 Å². The van der Waals surface area contributed by atoms with Gasteiger partial charge in [-0.1, -0.05) is 11.2 Å². The van der Waals surface area contributed by atoms with Gasteiger partial charge in [-0.05, 0) is 12.1 Å². The Hall–Kier alpha value is -2.15. The molecule has 0 spiro atoms. The lowest BCUT2D eigenvalue weighted by molar-refractivity contribution is -0.119. The van der Waals surface area contributed by atoms with E-state index in [1.54, 1.807) is 6.07 Å². The number of rotatable bonds is 4. The van der Waals surface area contributed by atoms with E-state index < -0.39 is 0 Å². The largest absolute Gasteiger partial charge is 0.390 e. The molecule has 1 atom stereocenters. The van der Waals surface area contributed by atoms with E-state index in [1.165, 1.54) is 13.0 Å². The van der Waals surface area contributed by atoms with Crippen molar-refractivity contribution in [2.75, 3.05) is 37.6 Å². The van der Waals surface area contributed by atoms with Crippen molar-refractivity contribution in [2.24, 2.45) is 5.16 Å². The van der Waals surface area contributed by atoms with Crippen LogP contribution in [0.15, 0.2) is 23.4 Å². The van der Waals surface area contributed by atoms with Gasteiger partial charge in [-0.15, -0.1) is 0 Å². The molecule has 0 saturated carbocycles. The fraction of sp³-hybridized carbons (Fsp3) is 0.500. The number of piperazine rings is 1. The molecule has 1 fully saturated rings. The molecule has 2 heterocycles. The van der Waals surface area contributed by atoms with Crippen molar-refractivity contribution in [2.45, 2.75) is 19.4 Å². The highest BCUT2D eigenvalue weighted by Crippen LogP contribution is 2.24. The van der Waals surface area contributed by atoms with E-state index in [0.717, 1.165) is 31.7 Å². The third-order valence-corrected chi connectivity index (χ3v) is 4.05. The van der Waals surface area contributed by atoms with Gasteiger partial charge < -0.3 is 20.4 Å². The summed E-state index contributed by atoms with van der Waals surface area (Å²) in [7, 11) is 0. The van der Waals surface area contributed by atoms with Gasteiger partial charge in [-0.3, -0.25) is 4.79 Å². The number of nitrogens with one attached hydrogen (secondary N) is 2. The van der Waals surface area contributed by atoms with Gasteiger partial charge in [0.05, 0.1) is 17.9 Å². The number of carbonyl (C=O) groups excluding carboxylic acids is 1. The zero-order valence-electron chi connectivity index (χ0n) is 13.1. The highest BCUT2D eigenvalue weighted by Gasteiger charge is 2.23. The van der Waals surface area contributed by atoms with Crippen molar-refractivity contribution >= 4 is 17.3 Å². The summed E-state index contributed by atoms with van der Waals surface area (Å²) in [6.07, 6.45) is 0.372. The van der Waals surface area contributed by atoms with Crippen molar-refractivity contribution in [3.05, 3.63) is 29.6 Å². The fourth-order valence-corrected chi connectivity index (χ4v) is 2.81. The van der Waals surface area contributed by atoms with Crippen molar-refractivity contribution < 1.29 is 14.0 Å². The molecule has 2 aliphatic rings. The maximum Gasteiger partial charge on any atom is 0.217 e. The maximum absolute atomic E-state index is 14.4. The Morgan fingerprint density at radius 1 is 1.48 bits per heavy atom. The van der Waals surface area contributed by atoms with E-state index in [-0.39, 0.29) is 17.8 Å². The molecule has 1 unspecified atom stereocenters. The quantitative estimate of drug-likeness (QED) is 0.864. The number of amides is 1. The molecule has 6 nitrogen and oxygen atoms in total. The summed E-state index contributed by atoms with van der Waals surface area (Å²) in [5, 5.41) is 9.98. The normalized spacial score (nSPS) is 20.9. The van der Waals surface area contributed by atoms with Crippen LogP contribution in [0.5, 0.6) is 0 Å². The minimum Gasteiger partial charge on any atom is -0.390 e. The number of hydrogen-bond acceptors (Lipinski definition) is 5. The van der Waals surface area contributed by atoms with E-state index in [2.05, 4.69) is 15.8 Å². The third kappa shape index (κ3) is 3.79. The van der Waals surface area contributed by atoms with Gasteiger partial charge in [0.2, 0.25) is 5.91 Å². The Balaban J connectivity index is 1.65. The van der Waals surface area contributed by atoms with Crippen LogP contribution in [0.25, 0.3) is 0 Å². The topological polar surface area (TPSA) is 66.0 Å². The lowest BCUT2D eigenvalue weighted by Crippen LogP contribution is -2.43. The monoisotopic (exact) mass is 320 g/mol. The molecule has 0 aromatic heterocycles. The predicted molar refractivity (Wildman–Crippen MR) is 86.2 cm³/mol. The molecule has 23 heavy (non-hydrogen) atoms. The lowest BCUT2D eigenvalue weighted by Gasteiger charge is -2.29. The summed E-state index contributed by atoms with van der Waals surface area (Å²) in [5.74, 6) is -0.342. The minimum atomic E-state index is -0.239. The van der Waals surface area contributed by atoms with Crippen molar-refractivity contribution in [3.8, 4) is 0 Å². The van der Waals surface area contributed by atoms with E-state index in [1.807, 2.05) is 11.0 Å². The molecule has 1 aromatic carbocycles. The van der Waals surface area contributed by atoms with Gasteiger partial charge >= 0.3 is 0 Å². The summed E-state index contributed by atoms with van der Waals surface area (Å²) in [5.41, 5.74) is 2.07. The first-order chi connectivity index (χ1) is 11.1. The number of nitrogens with zero attached hydrogens (tertiary/aromatic N) is 2. The molecule has 1 saturated heterocycles. The van der Waals surface area contributed by atoms with Gasteiger partial charge in [-0.25, -0.2) is 4.39 Å². The molecule has 3 rings (SSSR count). The number of anilines is 1. The second-order valence-electron chi connectivity index (χ2n) is 5.81. The summed E-state index contributed by atoms with van der Waals surface area (Å²) in [6, 6.07) is 5.20. The molecule has 0 bridgehead atoms. The molecular weight excluding hydrogens is 299 g/mol. The number of halogens is 1. The summed E-state index contributed by atoms with van der Waals surface area (Å²) in [4.78, 5) is 18.3. The molecule has 1 amide bonds. The first kappa shape index (κ1) is 15.7. The van der Waals surface area contributed by atoms with Crippen LogP contribution in [0.2, 0.25) is 0 Å². The third-order valence-electron chi connectivity index (χ3n) is 4.05. The van der Waals surface area contributed by atoms with E-state index in [0.29, 0.717) is 24.4 Å². The average molecular weight is 320 g/mol.